The first kappa shape index (κ1) is 21.4. The van der Waals surface area contributed by atoms with Crippen LogP contribution in [-0.4, -0.2) is 31.6 Å². The summed E-state index contributed by atoms with van der Waals surface area (Å²) >= 11 is 0. The number of hydrogen-bond acceptors (Lipinski definition) is 2. The van der Waals surface area contributed by atoms with Crippen molar-refractivity contribution < 1.29 is 4.79 Å². The van der Waals surface area contributed by atoms with Crippen LogP contribution in [-0.2, 0) is 4.79 Å². The van der Waals surface area contributed by atoms with Crippen molar-refractivity contribution in [2.24, 2.45) is 0 Å². The van der Waals surface area contributed by atoms with E-state index >= 15 is 0 Å². The van der Waals surface area contributed by atoms with Crippen LogP contribution in [0.25, 0.3) is 0 Å². The minimum absolute atomic E-state index is 0.191. The summed E-state index contributed by atoms with van der Waals surface area (Å²) in [7, 11) is 3.93. The standard InChI is InChI=1S/C19H40N2O/c1-4-5-6-7-8-9-10-11-12-13-14-15-16-17-19(22)20-18-21(2)3/h4-18H2,1-3H3,(H,20,22). The van der Waals surface area contributed by atoms with E-state index < -0.39 is 0 Å². The second-order valence-electron chi connectivity index (χ2n) is 6.83. The largest absolute Gasteiger partial charge is 0.343 e. The Kier molecular flexibility index (Phi) is 16.4. The van der Waals surface area contributed by atoms with Crippen LogP contribution in [0.2, 0.25) is 0 Å². The maximum absolute atomic E-state index is 11.5. The number of carbonyl (C=O) groups is 1. The van der Waals surface area contributed by atoms with Crippen LogP contribution < -0.4 is 5.32 Å². The highest BCUT2D eigenvalue weighted by atomic mass is 16.1. The maximum atomic E-state index is 11.5. The molecule has 0 rings (SSSR count). The average molecular weight is 313 g/mol. The van der Waals surface area contributed by atoms with Crippen molar-refractivity contribution in [2.45, 2.75) is 96.8 Å². The first-order valence-electron chi connectivity index (χ1n) is 9.58. The number of nitrogens with zero attached hydrogens (tertiary/aromatic N) is 1. The first-order chi connectivity index (χ1) is 10.7. The van der Waals surface area contributed by atoms with Crippen molar-refractivity contribution in [2.75, 3.05) is 20.8 Å². The lowest BCUT2D eigenvalue weighted by Crippen LogP contribution is -2.32. The highest BCUT2D eigenvalue weighted by molar-refractivity contribution is 5.75. The second kappa shape index (κ2) is 16.8. The molecule has 0 saturated carbocycles. The highest BCUT2D eigenvalue weighted by Crippen LogP contribution is 2.12. The Balaban J connectivity index is 3.09. The van der Waals surface area contributed by atoms with Crippen LogP contribution in [0.15, 0.2) is 0 Å². The Bertz CT molecular complexity index is 242. The molecule has 0 atom stereocenters. The number of nitrogens with one attached hydrogen (secondary N) is 1. The lowest BCUT2D eigenvalue weighted by Gasteiger charge is -2.10. The SMILES string of the molecule is CCCCCCCCCCCCCCCC(=O)NCN(C)C. The smallest absolute Gasteiger partial charge is 0.220 e. The zero-order valence-corrected chi connectivity index (χ0v) is 15.5. The van der Waals surface area contributed by atoms with Crippen molar-refractivity contribution in [3.05, 3.63) is 0 Å². The fourth-order valence-electron chi connectivity index (χ4n) is 2.64. The van der Waals surface area contributed by atoms with Gasteiger partial charge in [-0.2, -0.15) is 0 Å². The van der Waals surface area contributed by atoms with Gasteiger partial charge in [0.1, 0.15) is 0 Å². The van der Waals surface area contributed by atoms with Crippen LogP contribution >= 0.6 is 0 Å². The molecule has 1 amide bonds. The van der Waals surface area contributed by atoms with Crippen LogP contribution in [0.5, 0.6) is 0 Å². The van der Waals surface area contributed by atoms with E-state index in [1.54, 1.807) is 0 Å². The van der Waals surface area contributed by atoms with Crippen LogP contribution in [0.4, 0.5) is 0 Å². The predicted molar refractivity (Wildman–Crippen MR) is 97.0 cm³/mol. The summed E-state index contributed by atoms with van der Waals surface area (Å²) in [5, 5.41) is 2.91. The van der Waals surface area contributed by atoms with Crippen LogP contribution in [0.1, 0.15) is 96.8 Å². The lowest BCUT2D eigenvalue weighted by molar-refractivity contribution is -0.121. The third-order valence-electron chi connectivity index (χ3n) is 4.10. The molecule has 22 heavy (non-hydrogen) atoms. The molecule has 0 bridgehead atoms. The molecule has 0 aliphatic rings. The summed E-state index contributed by atoms with van der Waals surface area (Å²) in [6.07, 6.45) is 18.2. The van der Waals surface area contributed by atoms with E-state index in [0.717, 1.165) is 6.42 Å². The number of hydrogen-bond donors (Lipinski definition) is 1. The van der Waals surface area contributed by atoms with Gasteiger partial charge in [0.25, 0.3) is 0 Å². The molecule has 0 radical (unpaired) electrons. The monoisotopic (exact) mass is 312 g/mol. The molecule has 0 unspecified atom stereocenters. The van der Waals surface area contributed by atoms with Crippen molar-refractivity contribution in [1.29, 1.82) is 0 Å². The summed E-state index contributed by atoms with van der Waals surface area (Å²) in [6.45, 7) is 2.92. The van der Waals surface area contributed by atoms with Crippen LogP contribution in [0.3, 0.4) is 0 Å². The van der Waals surface area contributed by atoms with E-state index in [4.69, 9.17) is 0 Å². The molecule has 132 valence electrons. The number of carbonyl (C=O) groups excluding carboxylic acids is 1. The Hall–Kier alpha value is -0.570. The van der Waals surface area contributed by atoms with Crippen molar-refractivity contribution >= 4 is 5.91 Å². The fraction of sp³-hybridized carbons (Fsp3) is 0.947. The van der Waals surface area contributed by atoms with Gasteiger partial charge in [0.2, 0.25) is 5.91 Å². The van der Waals surface area contributed by atoms with Gasteiger partial charge in [-0.3, -0.25) is 9.69 Å². The molecule has 3 nitrogen and oxygen atoms in total. The average Bonchev–Trinajstić information content (AvgIpc) is 2.49. The van der Waals surface area contributed by atoms with Gasteiger partial charge in [-0.15, -0.1) is 0 Å². The Morgan fingerprint density at radius 2 is 1.14 bits per heavy atom. The summed E-state index contributed by atoms with van der Waals surface area (Å²) in [5.41, 5.74) is 0. The van der Waals surface area contributed by atoms with Gasteiger partial charge in [-0.05, 0) is 20.5 Å². The lowest BCUT2D eigenvalue weighted by atomic mass is 10.0. The quantitative estimate of drug-likeness (QED) is 0.317. The molecule has 0 aromatic heterocycles. The number of rotatable bonds is 16. The van der Waals surface area contributed by atoms with E-state index in [-0.39, 0.29) is 5.91 Å². The van der Waals surface area contributed by atoms with Gasteiger partial charge in [-0.25, -0.2) is 0 Å². The van der Waals surface area contributed by atoms with Gasteiger partial charge in [0, 0.05) is 6.42 Å². The first-order valence-corrected chi connectivity index (χ1v) is 9.58. The summed E-state index contributed by atoms with van der Waals surface area (Å²) in [6, 6.07) is 0. The summed E-state index contributed by atoms with van der Waals surface area (Å²) in [4.78, 5) is 13.5. The van der Waals surface area contributed by atoms with E-state index in [0.29, 0.717) is 13.1 Å². The Morgan fingerprint density at radius 1 is 0.727 bits per heavy atom. The van der Waals surface area contributed by atoms with Gasteiger partial charge in [-0.1, -0.05) is 84.0 Å². The molecule has 3 heteroatoms. The molecular weight excluding hydrogens is 272 g/mol. The van der Waals surface area contributed by atoms with E-state index in [9.17, 15) is 4.79 Å². The molecular formula is C19H40N2O. The summed E-state index contributed by atoms with van der Waals surface area (Å²) < 4.78 is 0. The van der Waals surface area contributed by atoms with Gasteiger partial charge >= 0.3 is 0 Å². The second-order valence-corrected chi connectivity index (χ2v) is 6.83. The van der Waals surface area contributed by atoms with Crippen molar-refractivity contribution in [1.82, 2.24) is 10.2 Å². The molecule has 0 aliphatic carbocycles. The normalized spacial score (nSPS) is 11.1. The van der Waals surface area contributed by atoms with E-state index in [2.05, 4.69) is 12.2 Å². The Morgan fingerprint density at radius 3 is 1.55 bits per heavy atom. The minimum Gasteiger partial charge on any atom is -0.343 e. The Labute approximate surface area is 139 Å². The van der Waals surface area contributed by atoms with E-state index in [1.807, 2.05) is 19.0 Å². The molecule has 0 aromatic rings. The topological polar surface area (TPSA) is 32.3 Å². The van der Waals surface area contributed by atoms with Gasteiger partial charge in [0.15, 0.2) is 0 Å². The van der Waals surface area contributed by atoms with Gasteiger partial charge in [0.05, 0.1) is 6.67 Å². The van der Waals surface area contributed by atoms with Crippen LogP contribution in [0, 0.1) is 0 Å². The zero-order chi connectivity index (χ0) is 16.5. The van der Waals surface area contributed by atoms with Gasteiger partial charge < -0.3 is 5.32 Å². The molecule has 0 aliphatic heterocycles. The fourth-order valence-corrected chi connectivity index (χ4v) is 2.64. The predicted octanol–water partition coefficient (Wildman–Crippen LogP) is 5.10. The van der Waals surface area contributed by atoms with Crippen molar-refractivity contribution in [3.8, 4) is 0 Å². The molecule has 0 spiro atoms. The third-order valence-corrected chi connectivity index (χ3v) is 4.10. The molecule has 0 saturated heterocycles. The third kappa shape index (κ3) is 17.5. The highest BCUT2D eigenvalue weighted by Gasteiger charge is 2.00. The molecule has 0 fully saturated rings. The molecule has 0 heterocycles. The van der Waals surface area contributed by atoms with E-state index in [1.165, 1.54) is 77.0 Å². The number of amides is 1. The summed E-state index contributed by atoms with van der Waals surface area (Å²) in [5.74, 6) is 0.191. The zero-order valence-electron chi connectivity index (χ0n) is 15.5. The maximum Gasteiger partial charge on any atom is 0.220 e. The molecule has 0 aromatic carbocycles. The number of unbranched alkanes of at least 4 members (excludes halogenated alkanes) is 12. The minimum atomic E-state index is 0.191. The molecule has 1 N–H and O–H groups in total. The van der Waals surface area contributed by atoms with Crippen molar-refractivity contribution in [3.63, 3.8) is 0 Å².